The van der Waals surface area contributed by atoms with Gasteiger partial charge in [0.15, 0.2) is 0 Å². The first-order valence-electron chi connectivity index (χ1n) is 5.41. The maximum absolute atomic E-state index is 12.9. The lowest BCUT2D eigenvalue weighted by molar-refractivity contribution is -0.103. The Morgan fingerprint density at radius 3 is 2.75 bits per heavy atom. The molecular formula is C12H15ClFNO. The number of benzene rings is 1. The monoisotopic (exact) mass is 243 g/mol. The molecule has 0 amide bonds. The predicted octanol–water partition coefficient (Wildman–Crippen LogP) is 2.44. The molecule has 0 aromatic heterocycles. The molecule has 2 nitrogen and oxygen atoms in total. The van der Waals surface area contributed by atoms with Gasteiger partial charge in [-0.15, -0.1) is 0 Å². The van der Waals surface area contributed by atoms with Crippen LogP contribution in [0.3, 0.4) is 0 Å². The van der Waals surface area contributed by atoms with Crippen LogP contribution in [0.15, 0.2) is 18.2 Å². The van der Waals surface area contributed by atoms with Gasteiger partial charge in [0.1, 0.15) is 5.82 Å². The zero-order chi connectivity index (χ0) is 11.8. The molecular weight excluding hydrogens is 229 g/mol. The molecule has 1 fully saturated rings. The number of rotatable bonds is 3. The summed E-state index contributed by atoms with van der Waals surface area (Å²) >= 11 is 5.70. The van der Waals surface area contributed by atoms with Crippen LogP contribution in [0.4, 0.5) is 4.39 Å². The minimum absolute atomic E-state index is 0.156. The molecule has 0 unspecified atom stereocenters. The van der Waals surface area contributed by atoms with Crippen molar-refractivity contribution in [3.63, 3.8) is 0 Å². The minimum Gasteiger partial charge on any atom is -0.387 e. The molecule has 1 aliphatic heterocycles. The molecule has 2 rings (SSSR count). The van der Waals surface area contributed by atoms with Crippen molar-refractivity contribution in [1.29, 1.82) is 0 Å². The quantitative estimate of drug-likeness (QED) is 0.882. The van der Waals surface area contributed by atoms with E-state index in [-0.39, 0.29) is 10.8 Å². The standard InChI is InChI=1S/C12H15ClFNO/c1-2-12(16)7-15(8-12)6-9-3-4-11(14)10(13)5-9/h3-5,16H,2,6-8H2,1H3. The van der Waals surface area contributed by atoms with Crippen LogP contribution in [0, 0.1) is 5.82 Å². The fraction of sp³-hybridized carbons (Fsp3) is 0.500. The first-order chi connectivity index (χ1) is 7.52. The lowest BCUT2D eigenvalue weighted by Gasteiger charge is -2.46. The zero-order valence-corrected chi connectivity index (χ0v) is 9.97. The molecule has 0 spiro atoms. The number of nitrogens with zero attached hydrogens (tertiary/aromatic N) is 1. The van der Waals surface area contributed by atoms with E-state index in [0.29, 0.717) is 19.6 Å². The molecule has 4 heteroatoms. The van der Waals surface area contributed by atoms with Crippen LogP contribution in [0.2, 0.25) is 5.02 Å². The summed E-state index contributed by atoms with van der Waals surface area (Å²) in [5.74, 6) is -0.390. The van der Waals surface area contributed by atoms with Crippen molar-refractivity contribution < 1.29 is 9.50 Å². The van der Waals surface area contributed by atoms with Gasteiger partial charge in [0, 0.05) is 19.6 Å². The largest absolute Gasteiger partial charge is 0.387 e. The Labute approximate surface area is 99.6 Å². The molecule has 0 bridgehead atoms. The number of likely N-dealkylation sites (tertiary alicyclic amines) is 1. The van der Waals surface area contributed by atoms with Gasteiger partial charge in [-0.1, -0.05) is 24.6 Å². The van der Waals surface area contributed by atoms with Crippen LogP contribution in [0.25, 0.3) is 0 Å². The van der Waals surface area contributed by atoms with Crippen molar-refractivity contribution in [3.05, 3.63) is 34.6 Å². The summed E-state index contributed by atoms with van der Waals surface area (Å²) < 4.78 is 12.9. The van der Waals surface area contributed by atoms with Gasteiger partial charge in [0.25, 0.3) is 0 Å². The van der Waals surface area contributed by atoms with E-state index >= 15 is 0 Å². The number of halogens is 2. The molecule has 1 aromatic rings. The Morgan fingerprint density at radius 1 is 1.50 bits per heavy atom. The first kappa shape index (κ1) is 11.8. The summed E-state index contributed by atoms with van der Waals surface area (Å²) in [7, 11) is 0. The van der Waals surface area contributed by atoms with Gasteiger partial charge in [0.2, 0.25) is 0 Å². The highest BCUT2D eigenvalue weighted by Gasteiger charge is 2.38. The SMILES string of the molecule is CCC1(O)CN(Cc2ccc(F)c(Cl)c2)C1. The highest BCUT2D eigenvalue weighted by atomic mass is 35.5. The number of β-amino-alcohol motifs (C(OH)–C–C–N with tert-alkyl or cyclic N) is 1. The van der Waals surface area contributed by atoms with Gasteiger partial charge in [-0.2, -0.15) is 0 Å². The maximum Gasteiger partial charge on any atom is 0.141 e. The van der Waals surface area contributed by atoms with Crippen LogP contribution in [-0.4, -0.2) is 28.7 Å². The number of hydrogen-bond donors (Lipinski definition) is 1. The summed E-state index contributed by atoms with van der Waals surface area (Å²) in [6.45, 7) is 4.05. The third kappa shape index (κ3) is 2.37. The van der Waals surface area contributed by atoms with Gasteiger partial charge in [-0.05, 0) is 24.1 Å². The molecule has 16 heavy (non-hydrogen) atoms. The molecule has 1 saturated heterocycles. The molecule has 0 atom stereocenters. The van der Waals surface area contributed by atoms with E-state index in [4.69, 9.17) is 11.6 Å². The van der Waals surface area contributed by atoms with Crippen molar-refractivity contribution >= 4 is 11.6 Å². The van der Waals surface area contributed by atoms with E-state index in [0.717, 1.165) is 12.0 Å². The van der Waals surface area contributed by atoms with Crippen molar-refractivity contribution in [2.24, 2.45) is 0 Å². The van der Waals surface area contributed by atoms with Gasteiger partial charge in [-0.3, -0.25) is 4.90 Å². The van der Waals surface area contributed by atoms with E-state index in [2.05, 4.69) is 4.90 Å². The molecule has 0 radical (unpaired) electrons. The Morgan fingerprint density at radius 2 is 2.19 bits per heavy atom. The molecule has 1 heterocycles. The zero-order valence-electron chi connectivity index (χ0n) is 9.21. The van der Waals surface area contributed by atoms with Crippen LogP contribution in [0.5, 0.6) is 0 Å². The van der Waals surface area contributed by atoms with Gasteiger partial charge in [-0.25, -0.2) is 4.39 Å². The van der Waals surface area contributed by atoms with E-state index in [9.17, 15) is 9.50 Å². The Bertz CT molecular complexity index is 391. The molecule has 0 saturated carbocycles. The minimum atomic E-state index is -0.524. The topological polar surface area (TPSA) is 23.5 Å². The third-order valence-electron chi connectivity index (χ3n) is 3.08. The number of hydrogen-bond acceptors (Lipinski definition) is 2. The van der Waals surface area contributed by atoms with E-state index in [1.165, 1.54) is 6.07 Å². The average Bonchev–Trinajstić information content (AvgIpc) is 2.21. The Balaban J connectivity index is 1.94. The van der Waals surface area contributed by atoms with Crippen molar-refractivity contribution in [1.82, 2.24) is 4.90 Å². The van der Waals surface area contributed by atoms with Crippen molar-refractivity contribution in [2.45, 2.75) is 25.5 Å². The summed E-state index contributed by atoms with van der Waals surface area (Å²) in [6, 6.07) is 4.74. The summed E-state index contributed by atoms with van der Waals surface area (Å²) in [4.78, 5) is 2.12. The lowest BCUT2D eigenvalue weighted by Crippen LogP contribution is -2.60. The number of aliphatic hydroxyl groups is 1. The van der Waals surface area contributed by atoms with Gasteiger partial charge in [0.05, 0.1) is 10.6 Å². The highest BCUT2D eigenvalue weighted by Crippen LogP contribution is 2.26. The lowest BCUT2D eigenvalue weighted by atomic mass is 9.91. The summed E-state index contributed by atoms with van der Waals surface area (Å²) in [6.07, 6.45) is 0.772. The second kappa shape index (κ2) is 4.32. The average molecular weight is 244 g/mol. The van der Waals surface area contributed by atoms with Crippen molar-refractivity contribution in [2.75, 3.05) is 13.1 Å². The van der Waals surface area contributed by atoms with Crippen LogP contribution >= 0.6 is 11.6 Å². The van der Waals surface area contributed by atoms with E-state index < -0.39 is 5.60 Å². The molecule has 1 aliphatic rings. The summed E-state index contributed by atoms with van der Waals surface area (Å²) in [5.41, 5.74) is 0.452. The van der Waals surface area contributed by atoms with Gasteiger partial charge >= 0.3 is 0 Å². The smallest absolute Gasteiger partial charge is 0.141 e. The fourth-order valence-corrected chi connectivity index (χ4v) is 2.22. The first-order valence-corrected chi connectivity index (χ1v) is 5.79. The molecule has 1 aromatic carbocycles. The molecule has 0 aliphatic carbocycles. The van der Waals surface area contributed by atoms with Gasteiger partial charge < -0.3 is 5.11 Å². The second-order valence-electron chi connectivity index (χ2n) is 4.47. The second-order valence-corrected chi connectivity index (χ2v) is 4.88. The highest BCUT2D eigenvalue weighted by molar-refractivity contribution is 6.30. The van der Waals surface area contributed by atoms with Crippen LogP contribution in [0.1, 0.15) is 18.9 Å². The fourth-order valence-electron chi connectivity index (χ4n) is 2.02. The molecule has 1 N–H and O–H groups in total. The van der Waals surface area contributed by atoms with Crippen LogP contribution in [-0.2, 0) is 6.54 Å². The third-order valence-corrected chi connectivity index (χ3v) is 3.37. The van der Waals surface area contributed by atoms with E-state index in [1.807, 2.05) is 6.92 Å². The molecule has 88 valence electrons. The normalized spacial score (nSPS) is 19.5. The Kier molecular flexibility index (Phi) is 3.19. The van der Waals surface area contributed by atoms with Crippen LogP contribution < -0.4 is 0 Å². The summed E-state index contributed by atoms with van der Waals surface area (Å²) in [5, 5.41) is 9.99. The Hall–Kier alpha value is -0.640. The van der Waals surface area contributed by atoms with E-state index in [1.54, 1.807) is 12.1 Å². The maximum atomic E-state index is 12.9. The van der Waals surface area contributed by atoms with Crippen molar-refractivity contribution in [3.8, 4) is 0 Å². The predicted molar refractivity (Wildman–Crippen MR) is 61.9 cm³/mol.